The molecule has 0 aliphatic heterocycles. The molecule has 1 atom stereocenters. The van der Waals surface area contributed by atoms with Crippen LogP contribution in [-0.2, 0) is 0 Å². The van der Waals surface area contributed by atoms with Gasteiger partial charge in [0.2, 0.25) is 0 Å². The molecule has 0 aliphatic rings. The lowest BCUT2D eigenvalue weighted by Crippen LogP contribution is -2.09. The van der Waals surface area contributed by atoms with Gasteiger partial charge in [-0.1, -0.05) is 31.0 Å². The number of pyridine rings is 1. The Morgan fingerprint density at radius 2 is 2.23 bits per heavy atom. The van der Waals surface area contributed by atoms with E-state index in [1.165, 1.54) is 0 Å². The SMILES string of the molecule is CCC[C@H](N)c1ccc(Cl)nc1.Cl. The Labute approximate surface area is 89.9 Å². The first-order valence-electron chi connectivity index (χ1n) is 4.11. The zero-order chi connectivity index (χ0) is 8.97. The van der Waals surface area contributed by atoms with Crippen molar-refractivity contribution in [2.75, 3.05) is 0 Å². The summed E-state index contributed by atoms with van der Waals surface area (Å²) in [6.07, 6.45) is 3.82. The molecule has 1 rings (SSSR count). The van der Waals surface area contributed by atoms with Crippen molar-refractivity contribution in [1.82, 2.24) is 4.98 Å². The van der Waals surface area contributed by atoms with E-state index in [0.29, 0.717) is 5.15 Å². The number of aromatic nitrogens is 1. The number of nitrogens with zero attached hydrogens (tertiary/aromatic N) is 1. The number of hydrogen-bond acceptors (Lipinski definition) is 2. The third-order valence-electron chi connectivity index (χ3n) is 1.78. The van der Waals surface area contributed by atoms with Gasteiger partial charge < -0.3 is 5.73 Å². The zero-order valence-corrected chi connectivity index (χ0v) is 9.11. The molecule has 0 unspecified atom stereocenters. The fourth-order valence-corrected chi connectivity index (χ4v) is 1.20. The van der Waals surface area contributed by atoms with Crippen LogP contribution >= 0.6 is 24.0 Å². The van der Waals surface area contributed by atoms with Gasteiger partial charge in [0.15, 0.2) is 0 Å². The normalized spacial score (nSPS) is 11.9. The van der Waals surface area contributed by atoms with E-state index in [1.54, 1.807) is 12.3 Å². The summed E-state index contributed by atoms with van der Waals surface area (Å²) in [7, 11) is 0. The minimum absolute atomic E-state index is 0. The number of rotatable bonds is 3. The van der Waals surface area contributed by atoms with Crippen molar-refractivity contribution in [3.63, 3.8) is 0 Å². The molecule has 74 valence electrons. The Bertz CT molecular complexity index is 236. The highest BCUT2D eigenvalue weighted by Gasteiger charge is 2.03. The average Bonchev–Trinajstić information content (AvgIpc) is 2.06. The van der Waals surface area contributed by atoms with Crippen LogP contribution in [0.1, 0.15) is 31.4 Å². The lowest BCUT2D eigenvalue weighted by molar-refractivity contribution is 0.636. The van der Waals surface area contributed by atoms with Gasteiger partial charge >= 0.3 is 0 Å². The number of hydrogen-bond donors (Lipinski definition) is 1. The summed E-state index contributed by atoms with van der Waals surface area (Å²) in [4.78, 5) is 3.97. The van der Waals surface area contributed by atoms with Gasteiger partial charge in [-0.15, -0.1) is 12.4 Å². The van der Waals surface area contributed by atoms with Crippen molar-refractivity contribution in [1.29, 1.82) is 0 Å². The van der Waals surface area contributed by atoms with E-state index in [0.717, 1.165) is 18.4 Å². The summed E-state index contributed by atoms with van der Waals surface area (Å²) in [6.45, 7) is 2.11. The third-order valence-corrected chi connectivity index (χ3v) is 2.00. The van der Waals surface area contributed by atoms with Gasteiger partial charge in [-0.2, -0.15) is 0 Å². The zero-order valence-electron chi connectivity index (χ0n) is 7.53. The highest BCUT2D eigenvalue weighted by Crippen LogP contribution is 2.15. The van der Waals surface area contributed by atoms with Gasteiger partial charge in [-0.25, -0.2) is 4.98 Å². The summed E-state index contributed by atoms with van der Waals surface area (Å²) in [6, 6.07) is 3.79. The predicted octanol–water partition coefficient (Wildman–Crippen LogP) is 2.96. The third kappa shape index (κ3) is 3.94. The predicted molar refractivity (Wildman–Crippen MR) is 58.3 cm³/mol. The molecular formula is C9H14Cl2N2. The number of halogens is 2. The highest BCUT2D eigenvalue weighted by atomic mass is 35.5. The maximum Gasteiger partial charge on any atom is 0.129 e. The van der Waals surface area contributed by atoms with Gasteiger partial charge in [0.25, 0.3) is 0 Å². The van der Waals surface area contributed by atoms with Crippen molar-refractivity contribution < 1.29 is 0 Å². The summed E-state index contributed by atoms with van der Waals surface area (Å²) in [5.41, 5.74) is 6.93. The lowest BCUT2D eigenvalue weighted by atomic mass is 10.1. The molecule has 0 fully saturated rings. The molecule has 0 saturated carbocycles. The molecule has 13 heavy (non-hydrogen) atoms. The molecular weight excluding hydrogens is 207 g/mol. The first-order chi connectivity index (χ1) is 5.74. The maximum atomic E-state index is 5.87. The molecule has 0 aromatic carbocycles. The Morgan fingerprint density at radius 3 is 2.69 bits per heavy atom. The summed E-state index contributed by atoms with van der Waals surface area (Å²) in [5.74, 6) is 0. The minimum atomic E-state index is 0. The van der Waals surface area contributed by atoms with Gasteiger partial charge in [0.05, 0.1) is 0 Å². The molecule has 1 heterocycles. The van der Waals surface area contributed by atoms with Crippen LogP contribution in [0, 0.1) is 0 Å². The quantitative estimate of drug-likeness (QED) is 0.797. The van der Waals surface area contributed by atoms with E-state index < -0.39 is 0 Å². The molecule has 0 aliphatic carbocycles. The van der Waals surface area contributed by atoms with Crippen LogP contribution in [0.15, 0.2) is 18.3 Å². The van der Waals surface area contributed by atoms with Crippen molar-refractivity contribution in [2.45, 2.75) is 25.8 Å². The van der Waals surface area contributed by atoms with Crippen molar-refractivity contribution >= 4 is 24.0 Å². The van der Waals surface area contributed by atoms with Crippen LogP contribution in [0.2, 0.25) is 5.15 Å². The first kappa shape index (κ1) is 12.7. The van der Waals surface area contributed by atoms with E-state index in [4.69, 9.17) is 17.3 Å². The monoisotopic (exact) mass is 220 g/mol. The van der Waals surface area contributed by atoms with Gasteiger partial charge in [0, 0.05) is 12.2 Å². The molecule has 0 amide bonds. The van der Waals surface area contributed by atoms with E-state index >= 15 is 0 Å². The Morgan fingerprint density at radius 1 is 1.54 bits per heavy atom. The summed E-state index contributed by atoms with van der Waals surface area (Å²) in [5, 5.41) is 0.516. The van der Waals surface area contributed by atoms with Crippen LogP contribution in [0.4, 0.5) is 0 Å². The molecule has 0 saturated heterocycles. The van der Waals surface area contributed by atoms with Crippen LogP contribution in [-0.4, -0.2) is 4.98 Å². The standard InChI is InChI=1S/C9H13ClN2.ClH/c1-2-3-8(11)7-4-5-9(10)12-6-7;/h4-6,8H,2-3,11H2,1H3;1H/t8-;/m0./s1. The van der Waals surface area contributed by atoms with Crippen LogP contribution in [0.3, 0.4) is 0 Å². The second-order valence-corrected chi connectivity index (χ2v) is 3.20. The molecule has 0 bridgehead atoms. The Kier molecular flexibility index (Phi) is 6.04. The summed E-state index contributed by atoms with van der Waals surface area (Å²) < 4.78 is 0. The van der Waals surface area contributed by atoms with Gasteiger partial charge in [-0.05, 0) is 18.1 Å². The number of nitrogens with two attached hydrogens (primary N) is 1. The van der Waals surface area contributed by atoms with Gasteiger partial charge in [-0.3, -0.25) is 0 Å². The largest absolute Gasteiger partial charge is 0.324 e. The van der Waals surface area contributed by atoms with E-state index in [-0.39, 0.29) is 18.4 Å². The van der Waals surface area contributed by atoms with Crippen molar-refractivity contribution in [2.24, 2.45) is 5.73 Å². The molecule has 1 aromatic rings. The topological polar surface area (TPSA) is 38.9 Å². The van der Waals surface area contributed by atoms with Crippen LogP contribution in [0.5, 0.6) is 0 Å². The molecule has 2 N–H and O–H groups in total. The second-order valence-electron chi connectivity index (χ2n) is 2.81. The second kappa shape index (κ2) is 6.19. The summed E-state index contributed by atoms with van der Waals surface area (Å²) >= 11 is 5.64. The minimum Gasteiger partial charge on any atom is -0.324 e. The van der Waals surface area contributed by atoms with Crippen molar-refractivity contribution in [3.8, 4) is 0 Å². The van der Waals surface area contributed by atoms with Crippen LogP contribution in [0.25, 0.3) is 0 Å². The lowest BCUT2D eigenvalue weighted by Gasteiger charge is -2.09. The average molecular weight is 221 g/mol. The molecule has 0 radical (unpaired) electrons. The van der Waals surface area contributed by atoms with Crippen LogP contribution < -0.4 is 5.73 Å². The molecule has 2 nitrogen and oxygen atoms in total. The Balaban J connectivity index is 0.00000144. The fourth-order valence-electron chi connectivity index (χ4n) is 1.08. The highest BCUT2D eigenvalue weighted by molar-refractivity contribution is 6.29. The van der Waals surface area contributed by atoms with E-state index in [9.17, 15) is 0 Å². The van der Waals surface area contributed by atoms with E-state index in [2.05, 4.69) is 11.9 Å². The molecule has 4 heteroatoms. The molecule has 0 spiro atoms. The molecule has 1 aromatic heterocycles. The Hall–Kier alpha value is -0.310. The van der Waals surface area contributed by atoms with E-state index in [1.807, 2.05) is 6.07 Å². The smallest absolute Gasteiger partial charge is 0.129 e. The van der Waals surface area contributed by atoms with Crippen molar-refractivity contribution in [3.05, 3.63) is 29.0 Å². The first-order valence-corrected chi connectivity index (χ1v) is 4.49. The maximum absolute atomic E-state index is 5.87. The fraction of sp³-hybridized carbons (Fsp3) is 0.444. The van der Waals surface area contributed by atoms with Gasteiger partial charge in [0.1, 0.15) is 5.15 Å².